The van der Waals surface area contributed by atoms with Crippen molar-refractivity contribution in [2.24, 2.45) is 5.73 Å². The van der Waals surface area contributed by atoms with E-state index in [1.807, 2.05) is 25.1 Å². The van der Waals surface area contributed by atoms with E-state index in [9.17, 15) is 0 Å². The van der Waals surface area contributed by atoms with Crippen LogP contribution in [0.1, 0.15) is 28.0 Å². The first-order valence-corrected chi connectivity index (χ1v) is 7.54. The summed E-state index contributed by atoms with van der Waals surface area (Å²) in [7, 11) is 0. The van der Waals surface area contributed by atoms with Crippen molar-refractivity contribution in [1.29, 1.82) is 0 Å². The largest absolute Gasteiger partial charge is 0.322 e. The normalized spacial score (nSPS) is 12.8. The van der Waals surface area contributed by atoms with E-state index in [1.54, 1.807) is 11.3 Å². The molecular formula is C16H17N3S. The van der Waals surface area contributed by atoms with Crippen LogP contribution in [-0.2, 0) is 6.42 Å². The van der Waals surface area contributed by atoms with Gasteiger partial charge in [0, 0.05) is 17.2 Å². The van der Waals surface area contributed by atoms with Crippen molar-refractivity contribution >= 4 is 22.2 Å². The minimum atomic E-state index is -0.111. The SMILES string of the molecule is Cc1nc(CC(N)c2cc(C)c3ccccc3n2)cs1. The van der Waals surface area contributed by atoms with Crippen LogP contribution in [0.5, 0.6) is 0 Å². The Balaban J connectivity index is 1.93. The number of hydrogen-bond acceptors (Lipinski definition) is 4. The van der Waals surface area contributed by atoms with E-state index >= 15 is 0 Å². The molecule has 2 heterocycles. The maximum absolute atomic E-state index is 6.30. The van der Waals surface area contributed by atoms with Crippen LogP contribution < -0.4 is 5.73 Å². The van der Waals surface area contributed by atoms with E-state index in [1.165, 1.54) is 10.9 Å². The molecule has 0 fully saturated rings. The molecule has 0 saturated carbocycles. The molecule has 20 heavy (non-hydrogen) atoms. The fraction of sp³-hybridized carbons (Fsp3) is 0.250. The van der Waals surface area contributed by atoms with Crippen LogP contribution in [0, 0.1) is 13.8 Å². The molecule has 3 aromatic rings. The third kappa shape index (κ3) is 2.57. The molecule has 0 amide bonds. The number of hydrogen-bond donors (Lipinski definition) is 1. The van der Waals surface area contributed by atoms with Crippen LogP contribution in [0.4, 0.5) is 0 Å². The lowest BCUT2D eigenvalue weighted by Gasteiger charge is -2.12. The third-order valence-electron chi connectivity index (χ3n) is 3.42. The van der Waals surface area contributed by atoms with Crippen molar-refractivity contribution in [2.75, 3.05) is 0 Å². The van der Waals surface area contributed by atoms with Crippen LogP contribution in [0.2, 0.25) is 0 Å². The zero-order valence-corrected chi connectivity index (χ0v) is 12.4. The molecule has 1 unspecified atom stereocenters. The van der Waals surface area contributed by atoms with E-state index in [0.717, 1.165) is 28.3 Å². The maximum atomic E-state index is 6.30. The molecule has 0 aliphatic carbocycles. The Kier molecular flexibility index (Phi) is 3.51. The van der Waals surface area contributed by atoms with E-state index < -0.39 is 0 Å². The lowest BCUT2D eigenvalue weighted by atomic mass is 10.0. The van der Waals surface area contributed by atoms with Gasteiger partial charge in [-0.25, -0.2) is 4.98 Å². The summed E-state index contributed by atoms with van der Waals surface area (Å²) in [4.78, 5) is 9.16. The first-order valence-electron chi connectivity index (χ1n) is 6.66. The molecule has 2 N–H and O–H groups in total. The number of nitrogens with zero attached hydrogens (tertiary/aromatic N) is 2. The number of benzene rings is 1. The zero-order chi connectivity index (χ0) is 14.1. The molecule has 0 saturated heterocycles. The fourth-order valence-electron chi connectivity index (χ4n) is 2.40. The number of thiazole rings is 1. The molecular weight excluding hydrogens is 266 g/mol. The second-order valence-corrected chi connectivity index (χ2v) is 6.11. The van der Waals surface area contributed by atoms with Gasteiger partial charge in [-0.2, -0.15) is 0 Å². The highest BCUT2D eigenvalue weighted by Crippen LogP contribution is 2.22. The molecule has 0 aliphatic rings. The summed E-state index contributed by atoms with van der Waals surface area (Å²) in [6.07, 6.45) is 0.731. The van der Waals surface area contributed by atoms with Crippen molar-refractivity contribution < 1.29 is 0 Å². The van der Waals surface area contributed by atoms with Crippen LogP contribution in [0.3, 0.4) is 0 Å². The van der Waals surface area contributed by atoms with Gasteiger partial charge in [0.05, 0.1) is 28.0 Å². The number of para-hydroxylation sites is 1. The zero-order valence-electron chi connectivity index (χ0n) is 11.6. The predicted octanol–water partition coefficient (Wildman–Crippen LogP) is 3.55. The Morgan fingerprint density at radius 1 is 1.20 bits per heavy atom. The molecule has 3 nitrogen and oxygen atoms in total. The quantitative estimate of drug-likeness (QED) is 0.799. The van der Waals surface area contributed by atoms with Crippen LogP contribution in [0.15, 0.2) is 35.7 Å². The second kappa shape index (κ2) is 5.31. The van der Waals surface area contributed by atoms with Crippen molar-refractivity contribution in [1.82, 2.24) is 9.97 Å². The van der Waals surface area contributed by atoms with Gasteiger partial charge in [-0.05, 0) is 31.5 Å². The third-order valence-corrected chi connectivity index (χ3v) is 4.24. The molecule has 102 valence electrons. The highest BCUT2D eigenvalue weighted by molar-refractivity contribution is 7.09. The van der Waals surface area contributed by atoms with E-state index in [0.29, 0.717) is 0 Å². The molecule has 4 heteroatoms. The van der Waals surface area contributed by atoms with Crippen molar-refractivity contribution in [2.45, 2.75) is 26.3 Å². The second-order valence-electron chi connectivity index (χ2n) is 5.05. The monoisotopic (exact) mass is 283 g/mol. The summed E-state index contributed by atoms with van der Waals surface area (Å²) in [6.45, 7) is 4.12. The number of nitrogens with two attached hydrogens (primary N) is 1. The van der Waals surface area contributed by atoms with Gasteiger partial charge in [0.1, 0.15) is 0 Å². The molecule has 0 aliphatic heterocycles. The van der Waals surface area contributed by atoms with Gasteiger partial charge in [-0.3, -0.25) is 4.98 Å². The first-order chi connectivity index (χ1) is 9.63. The Morgan fingerprint density at radius 3 is 2.75 bits per heavy atom. The van der Waals surface area contributed by atoms with Crippen molar-refractivity contribution in [3.05, 3.63) is 57.7 Å². The standard InChI is InChI=1S/C16H17N3S/c1-10-7-16(19-15-6-4-3-5-13(10)15)14(17)8-12-9-20-11(2)18-12/h3-7,9,14H,8,17H2,1-2H3. The lowest BCUT2D eigenvalue weighted by Crippen LogP contribution is -2.15. The van der Waals surface area contributed by atoms with E-state index in [2.05, 4.69) is 34.4 Å². The Morgan fingerprint density at radius 2 is 2.00 bits per heavy atom. The van der Waals surface area contributed by atoms with Gasteiger partial charge in [0.15, 0.2) is 0 Å². The minimum absolute atomic E-state index is 0.111. The summed E-state index contributed by atoms with van der Waals surface area (Å²) >= 11 is 1.66. The summed E-state index contributed by atoms with van der Waals surface area (Å²) < 4.78 is 0. The number of pyridine rings is 1. The van der Waals surface area contributed by atoms with Crippen LogP contribution in [-0.4, -0.2) is 9.97 Å². The number of fused-ring (bicyclic) bond motifs is 1. The minimum Gasteiger partial charge on any atom is -0.322 e. The molecule has 1 aromatic carbocycles. The number of aromatic nitrogens is 2. The summed E-state index contributed by atoms with van der Waals surface area (Å²) in [5, 5.41) is 4.34. The highest BCUT2D eigenvalue weighted by Gasteiger charge is 2.12. The van der Waals surface area contributed by atoms with Crippen LogP contribution >= 0.6 is 11.3 Å². The average molecular weight is 283 g/mol. The Bertz CT molecular complexity index is 748. The number of rotatable bonds is 3. The molecule has 0 radical (unpaired) electrons. The topological polar surface area (TPSA) is 51.8 Å². The van der Waals surface area contributed by atoms with E-state index in [4.69, 9.17) is 5.73 Å². The lowest BCUT2D eigenvalue weighted by molar-refractivity contribution is 0.688. The first kappa shape index (κ1) is 13.2. The summed E-state index contributed by atoms with van der Waals surface area (Å²) in [6, 6.07) is 10.1. The molecule has 1 atom stereocenters. The van der Waals surface area contributed by atoms with Gasteiger partial charge in [-0.15, -0.1) is 11.3 Å². The fourth-order valence-corrected chi connectivity index (χ4v) is 3.02. The Hall–Kier alpha value is -1.78. The van der Waals surface area contributed by atoms with Gasteiger partial charge < -0.3 is 5.73 Å². The molecule has 2 aromatic heterocycles. The van der Waals surface area contributed by atoms with Gasteiger partial charge in [0.25, 0.3) is 0 Å². The summed E-state index contributed by atoms with van der Waals surface area (Å²) in [5.74, 6) is 0. The summed E-state index contributed by atoms with van der Waals surface area (Å²) in [5.41, 5.74) is 10.5. The van der Waals surface area contributed by atoms with Gasteiger partial charge >= 0.3 is 0 Å². The molecule has 3 rings (SSSR count). The predicted molar refractivity (Wildman–Crippen MR) is 84.0 cm³/mol. The maximum Gasteiger partial charge on any atom is 0.0897 e. The van der Waals surface area contributed by atoms with Gasteiger partial charge in [-0.1, -0.05) is 18.2 Å². The van der Waals surface area contributed by atoms with Crippen molar-refractivity contribution in [3.63, 3.8) is 0 Å². The number of aryl methyl sites for hydroxylation is 2. The van der Waals surface area contributed by atoms with E-state index in [-0.39, 0.29) is 6.04 Å². The highest BCUT2D eigenvalue weighted by atomic mass is 32.1. The molecule has 0 spiro atoms. The Labute approximate surface area is 122 Å². The van der Waals surface area contributed by atoms with Crippen molar-refractivity contribution in [3.8, 4) is 0 Å². The molecule has 0 bridgehead atoms. The smallest absolute Gasteiger partial charge is 0.0897 e. The van der Waals surface area contributed by atoms with Gasteiger partial charge in [0.2, 0.25) is 0 Å². The van der Waals surface area contributed by atoms with Crippen LogP contribution in [0.25, 0.3) is 10.9 Å². The average Bonchev–Trinajstić information content (AvgIpc) is 2.84.